The van der Waals surface area contributed by atoms with Crippen LogP contribution in [0.4, 0.5) is 0 Å². The zero-order valence-electron chi connectivity index (χ0n) is 21.8. The summed E-state index contributed by atoms with van der Waals surface area (Å²) in [6, 6.07) is 13.8. The zero-order valence-corrected chi connectivity index (χ0v) is 21.8. The summed E-state index contributed by atoms with van der Waals surface area (Å²) in [5.74, 6) is 1.14. The molecule has 2 aromatic carbocycles. The van der Waals surface area contributed by atoms with Gasteiger partial charge >= 0.3 is 0 Å². The van der Waals surface area contributed by atoms with E-state index in [1.54, 1.807) is 24.0 Å². The quantitative estimate of drug-likeness (QED) is 0.648. The molecule has 0 spiro atoms. The van der Waals surface area contributed by atoms with Crippen LogP contribution in [0, 0.1) is 0 Å². The SMILES string of the molecule is CC(=O)N1CCC(Oc2ccc3c(c2)OC(C)CN(C[C@H](O)CN2CCc4ccccc4C2)C3=O)CC1. The molecule has 0 aliphatic carbocycles. The topological polar surface area (TPSA) is 82.6 Å². The van der Waals surface area contributed by atoms with Gasteiger partial charge in [-0.2, -0.15) is 0 Å². The van der Waals surface area contributed by atoms with Gasteiger partial charge in [0.2, 0.25) is 5.91 Å². The average molecular weight is 508 g/mol. The fourth-order valence-electron chi connectivity index (χ4n) is 5.63. The van der Waals surface area contributed by atoms with E-state index in [1.807, 2.05) is 17.9 Å². The molecule has 37 heavy (non-hydrogen) atoms. The highest BCUT2D eigenvalue weighted by atomic mass is 16.5. The van der Waals surface area contributed by atoms with Crippen molar-refractivity contribution < 1.29 is 24.2 Å². The van der Waals surface area contributed by atoms with Crippen LogP contribution in [-0.4, -0.2) is 89.2 Å². The Morgan fingerprint density at radius 2 is 1.86 bits per heavy atom. The molecule has 1 unspecified atom stereocenters. The number of hydrogen-bond donors (Lipinski definition) is 1. The zero-order chi connectivity index (χ0) is 25.9. The summed E-state index contributed by atoms with van der Waals surface area (Å²) in [4.78, 5) is 30.8. The number of hydrogen-bond acceptors (Lipinski definition) is 6. The van der Waals surface area contributed by atoms with Gasteiger partial charge in [0, 0.05) is 65.1 Å². The smallest absolute Gasteiger partial charge is 0.257 e. The molecule has 0 aromatic heterocycles. The highest BCUT2D eigenvalue weighted by molar-refractivity contribution is 5.97. The summed E-state index contributed by atoms with van der Waals surface area (Å²) in [6.07, 6.45) is 1.70. The largest absolute Gasteiger partial charge is 0.490 e. The molecular weight excluding hydrogens is 470 g/mol. The number of nitrogens with zero attached hydrogens (tertiary/aromatic N) is 3. The molecule has 2 amide bonds. The van der Waals surface area contributed by atoms with Gasteiger partial charge in [0.1, 0.15) is 23.7 Å². The molecule has 2 aromatic rings. The Kier molecular flexibility index (Phi) is 7.67. The van der Waals surface area contributed by atoms with Crippen LogP contribution in [0.5, 0.6) is 11.5 Å². The number of piperidine rings is 1. The molecule has 1 fully saturated rings. The standard InChI is InChI=1S/C29H37N3O5/c1-20-16-32(19-24(34)18-30-12-9-22-5-3-4-6-23(22)17-30)29(35)27-8-7-26(15-28(27)36-20)37-25-10-13-31(14-11-25)21(2)33/h3-8,15,20,24-25,34H,9-14,16-19H2,1-2H3/t20?,24-/m1/s1. The minimum Gasteiger partial charge on any atom is -0.490 e. The van der Waals surface area contributed by atoms with Crippen LogP contribution in [0.25, 0.3) is 0 Å². The van der Waals surface area contributed by atoms with E-state index in [0.29, 0.717) is 43.2 Å². The number of aliphatic hydroxyl groups excluding tert-OH is 1. The number of likely N-dealkylation sites (tertiary alicyclic amines) is 1. The van der Waals surface area contributed by atoms with Gasteiger partial charge in [-0.05, 0) is 36.6 Å². The van der Waals surface area contributed by atoms with E-state index in [9.17, 15) is 14.7 Å². The summed E-state index contributed by atoms with van der Waals surface area (Å²) in [5.41, 5.74) is 3.18. The van der Waals surface area contributed by atoms with Crippen molar-refractivity contribution in [1.29, 1.82) is 0 Å². The molecule has 1 saturated heterocycles. The van der Waals surface area contributed by atoms with Crippen LogP contribution < -0.4 is 9.47 Å². The summed E-state index contributed by atoms with van der Waals surface area (Å²) >= 11 is 0. The third-order valence-corrected chi connectivity index (χ3v) is 7.58. The minimum atomic E-state index is -0.647. The molecule has 0 saturated carbocycles. The summed E-state index contributed by atoms with van der Waals surface area (Å²) in [5, 5.41) is 10.9. The molecule has 2 atom stereocenters. The van der Waals surface area contributed by atoms with Gasteiger partial charge in [-0.15, -0.1) is 0 Å². The number of carbonyl (C=O) groups excluding carboxylic acids is 2. The minimum absolute atomic E-state index is 0.0287. The maximum atomic E-state index is 13.4. The van der Waals surface area contributed by atoms with Crippen molar-refractivity contribution >= 4 is 11.8 Å². The van der Waals surface area contributed by atoms with Crippen LogP contribution in [0.3, 0.4) is 0 Å². The fraction of sp³-hybridized carbons (Fsp3) is 0.517. The number of fused-ring (bicyclic) bond motifs is 2. The molecule has 0 bridgehead atoms. The maximum absolute atomic E-state index is 13.4. The lowest BCUT2D eigenvalue weighted by Crippen LogP contribution is -2.45. The number of benzene rings is 2. The van der Waals surface area contributed by atoms with Crippen LogP contribution in [0.2, 0.25) is 0 Å². The average Bonchev–Trinajstić information content (AvgIpc) is 2.99. The Hall–Kier alpha value is -3.10. The Balaban J connectivity index is 1.20. The number of aliphatic hydroxyl groups is 1. The molecule has 0 radical (unpaired) electrons. The first kappa shape index (κ1) is 25.5. The van der Waals surface area contributed by atoms with E-state index in [0.717, 1.165) is 32.4 Å². The van der Waals surface area contributed by atoms with Gasteiger partial charge in [-0.1, -0.05) is 24.3 Å². The monoisotopic (exact) mass is 507 g/mol. The first-order chi connectivity index (χ1) is 17.9. The van der Waals surface area contributed by atoms with Gasteiger partial charge < -0.3 is 24.4 Å². The van der Waals surface area contributed by atoms with E-state index in [1.165, 1.54) is 11.1 Å². The maximum Gasteiger partial charge on any atom is 0.257 e. The van der Waals surface area contributed by atoms with Crippen molar-refractivity contribution in [2.45, 2.75) is 58.0 Å². The second-order valence-electron chi connectivity index (χ2n) is 10.5. The Labute approximate surface area is 218 Å². The second kappa shape index (κ2) is 11.1. The summed E-state index contributed by atoms with van der Waals surface area (Å²) in [7, 11) is 0. The van der Waals surface area contributed by atoms with Crippen molar-refractivity contribution in [3.05, 3.63) is 59.2 Å². The molecule has 1 N–H and O–H groups in total. The van der Waals surface area contributed by atoms with E-state index in [4.69, 9.17) is 9.47 Å². The molecule has 198 valence electrons. The lowest BCUT2D eigenvalue weighted by molar-refractivity contribution is -0.130. The first-order valence-corrected chi connectivity index (χ1v) is 13.3. The van der Waals surface area contributed by atoms with E-state index < -0.39 is 6.10 Å². The first-order valence-electron chi connectivity index (χ1n) is 13.3. The van der Waals surface area contributed by atoms with Crippen molar-refractivity contribution in [2.24, 2.45) is 0 Å². The van der Waals surface area contributed by atoms with Gasteiger partial charge in [0.15, 0.2) is 0 Å². The highest BCUT2D eigenvalue weighted by Gasteiger charge is 2.30. The van der Waals surface area contributed by atoms with Crippen LogP contribution in [-0.2, 0) is 17.8 Å². The molecule has 3 heterocycles. The number of β-amino-alcohol motifs (C(OH)–C–C–N with tert-alkyl or cyclic N) is 1. The number of rotatable bonds is 6. The van der Waals surface area contributed by atoms with Gasteiger partial charge in [-0.25, -0.2) is 0 Å². The van der Waals surface area contributed by atoms with E-state index in [-0.39, 0.29) is 30.6 Å². The number of ether oxygens (including phenoxy) is 2. The Morgan fingerprint density at radius 3 is 2.62 bits per heavy atom. The van der Waals surface area contributed by atoms with Crippen LogP contribution in [0.15, 0.2) is 42.5 Å². The van der Waals surface area contributed by atoms with Crippen molar-refractivity contribution in [3.8, 4) is 11.5 Å². The predicted molar refractivity (Wildman–Crippen MR) is 140 cm³/mol. The van der Waals surface area contributed by atoms with Crippen molar-refractivity contribution in [1.82, 2.24) is 14.7 Å². The highest BCUT2D eigenvalue weighted by Crippen LogP contribution is 2.31. The van der Waals surface area contributed by atoms with Crippen LogP contribution in [0.1, 0.15) is 48.2 Å². The van der Waals surface area contributed by atoms with Gasteiger partial charge in [0.05, 0.1) is 18.2 Å². The third-order valence-electron chi connectivity index (χ3n) is 7.58. The third kappa shape index (κ3) is 6.08. The predicted octanol–water partition coefficient (Wildman–Crippen LogP) is 2.72. The lowest BCUT2D eigenvalue weighted by atomic mass is 10.00. The molecule has 3 aliphatic rings. The normalized spacial score (nSPS) is 21.5. The van der Waals surface area contributed by atoms with E-state index >= 15 is 0 Å². The second-order valence-corrected chi connectivity index (χ2v) is 10.5. The van der Waals surface area contributed by atoms with Gasteiger partial charge in [0.25, 0.3) is 5.91 Å². The number of amides is 2. The van der Waals surface area contributed by atoms with Gasteiger partial charge in [-0.3, -0.25) is 14.5 Å². The van der Waals surface area contributed by atoms with Crippen molar-refractivity contribution in [2.75, 3.05) is 39.3 Å². The Morgan fingerprint density at radius 1 is 1.11 bits per heavy atom. The fourth-order valence-corrected chi connectivity index (χ4v) is 5.63. The lowest BCUT2D eigenvalue weighted by Gasteiger charge is -2.32. The summed E-state index contributed by atoms with van der Waals surface area (Å²) in [6.45, 7) is 7.84. The molecule has 8 nitrogen and oxygen atoms in total. The molecule has 5 rings (SSSR count). The summed E-state index contributed by atoms with van der Waals surface area (Å²) < 4.78 is 12.3. The number of carbonyl (C=O) groups is 2. The van der Waals surface area contributed by atoms with Crippen LogP contribution >= 0.6 is 0 Å². The molecular formula is C29H37N3O5. The molecule has 8 heteroatoms. The van der Waals surface area contributed by atoms with E-state index in [2.05, 4.69) is 29.2 Å². The van der Waals surface area contributed by atoms with Crippen molar-refractivity contribution in [3.63, 3.8) is 0 Å². The molecule has 3 aliphatic heterocycles. The Bertz CT molecular complexity index is 1130.